The van der Waals surface area contributed by atoms with Crippen LogP contribution in [0.1, 0.15) is 18.1 Å². The Kier molecular flexibility index (Phi) is 8.88. The molecule has 3 rings (SSSR count). The van der Waals surface area contributed by atoms with Gasteiger partial charge in [0.2, 0.25) is 5.91 Å². The molecule has 0 bridgehead atoms. The van der Waals surface area contributed by atoms with Gasteiger partial charge in [-0.1, -0.05) is 47.5 Å². The van der Waals surface area contributed by atoms with Crippen molar-refractivity contribution in [1.29, 1.82) is 0 Å². The Morgan fingerprint density at radius 2 is 1.79 bits per heavy atom. The number of carbonyl (C=O) groups excluding carboxylic acids is 2. The van der Waals surface area contributed by atoms with Crippen LogP contribution in [0.3, 0.4) is 0 Å². The first kappa shape index (κ1) is 24.8. The van der Waals surface area contributed by atoms with E-state index in [2.05, 4.69) is 31.8 Å². The molecule has 9 heteroatoms. The summed E-state index contributed by atoms with van der Waals surface area (Å²) in [6, 6.07) is 19.5. The summed E-state index contributed by atoms with van der Waals surface area (Å²) >= 11 is 15.5. The van der Waals surface area contributed by atoms with Crippen LogP contribution in [-0.2, 0) is 16.2 Å². The number of ether oxygens (including phenoxy) is 1. The number of nitrogens with zero attached hydrogens (tertiary/aromatic N) is 1. The Labute approximate surface area is 210 Å². The smallest absolute Gasteiger partial charge is 0.252 e. The molecule has 0 aromatic heterocycles. The van der Waals surface area contributed by atoms with E-state index in [0.29, 0.717) is 33.7 Å². The summed E-state index contributed by atoms with van der Waals surface area (Å²) < 4.78 is 6.58. The average Bonchev–Trinajstić information content (AvgIpc) is 2.79. The number of carbonyl (C=O) groups is 2. The van der Waals surface area contributed by atoms with Crippen LogP contribution in [0.15, 0.2) is 76.3 Å². The summed E-state index contributed by atoms with van der Waals surface area (Å²) in [7, 11) is 0. The number of hydrazone groups is 1. The Morgan fingerprint density at radius 3 is 2.55 bits per heavy atom. The molecule has 3 aromatic rings. The molecule has 33 heavy (non-hydrogen) atoms. The molecule has 6 nitrogen and oxygen atoms in total. The number of rotatable bonds is 8. The molecule has 0 saturated heterocycles. The Bertz CT molecular complexity index is 1190. The third-order valence-corrected chi connectivity index (χ3v) is 5.71. The van der Waals surface area contributed by atoms with E-state index in [1.54, 1.807) is 42.5 Å². The van der Waals surface area contributed by atoms with Gasteiger partial charge in [0.25, 0.3) is 5.91 Å². The van der Waals surface area contributed by atoms with Crippen LogP contribution in [0, 0.1) is 5.92 Å². The highest BCUT2D eigenvalue weighted by atomic mass is 79.9. The van der Waals surface area contributed by atoms with Crippen molar-refractivity contribution in [2.75, 3.05) is 5.32 Å². The maximum Gasteiger partial charge on any atom is 0.252 e. The van der Waals surface area contributed by atoms with E-state index in [-0.39, 0.29) is 0 Å². The zero-order valence-electron chi connectivity index (χ0n) is 17.5. The average molecular weight is 549 g/mol. The van der Waals surface area contributed by atoms with E-state index in [0.717, 1.165) is 10.0 Å². The highest BCUT2D eigenvalue weighted by molar-refractivity contribution is 9.10. The molecule has 2 N–H and O–H groups in total. The second-order valence-corrected chi connectivity index (χ2v) is 8.75. The lowest BCUT2D eigenvalue weighted by atomic mass is 10.1. The molecule has 2 amide bonds. The third kappa shape index (κ3) is 7.32. The number of anilines is 1. The topological polar surface area (TPSA) is 79.8 Å². The van der Waals surface area contributed by atoms with Crippen molar-refractivity contribution in [1.82, 2.24) is 5.43 Å². The minimum atomic E-state index is -0.966. The van der Waals surface area contributed by atoms with Crippen molar-refractivity contribution in [2.45, 2.75) is 13.5 Å². The maximum atomic E-state index is 12.4. The molecule has 0 saturated carbocycles. The molecule has 0 heterocycles. The van der Waals surface area contributed by atoms with Crippen molar-refractivity contribution in [3.05, 3.63) is 92.4 Å². The summed E-state index contributed by atoms with van der Waals surface area (Å²) in [5, 5.41) is 7.78. The number of nitrogens with one attached hydrogen (secondary N) is 2. The second-order valence-electron chi connectivity index (χ2n) is 7.03. The van der Waals surface area contributed by atoms with E-state index < -0.39 is 17.7 Å². The van der Waals surface area contributed by atoms with E-state index in [1.165, 1.54) is 13.1 Å². The highest BCUT2D eigenvalue weighted by Crippen LogP contribution is 2.23. The predicted octanol–water partition coefficient (Wildman–Crippen LogP) is 6.06. The van der Waals surface area contributed by atoms with Gasteiger partial charge in [-0.15, -0.1) is 0 Å². The van der Waals surface area contributed by atoms with Gasteiger partial charge < -0.3 is 10.1 Å². The third-order valence-electron chi connectivity index (χ3n) is 4.55. The van der Waals surface area contributed by atoms with Crippen LogP contribution in [0.4, 0.5) is 5.69 Å². The first-order valence-electron chi connectivity index (χ1n) is 9.88. The van der Waals surface area contributed by atoms with Gasteiger partial charge in [-0.25, -0.2) is 5.43 Å². The first-order valence-corrected chi connectivity index (χ1v) is 11.4. The molecule has 0 spiro atoms. The fourth-order valence-corrected chi connectivity index (χ4v) is 3.50. The minimum Gasteiger partial charge on any atom is -0.488 e. The van der Waals surface area contributed by atoms with Gasteiger partial charge in [-0.05, 0) is 70.9 Å². The van der Waals surface area contributed by atoms with Crippen LogP contribution in [0.25, 0.3) is 0 Å². The quantitative estimate of drug-likeness (QED) is 0.204. The Morgan fingerprint density at radius 1 is 1.03 bits per heavy atom. The summed E-state index contributed by atoms with van der Waals surface area (Å²) in [6.45, 7) is 1.79. The molecule has 0 radical (unpaired) electrons. The lowest BCUT2D eigenvalue weighted by Crippen LogP contribution is -2.34. The summed E-state index contributed by atoms with van der Waals surface area (Å²) in [5.74, 6) is -1.45. The lowest BCUT2D eigenvalue weighted by molar-refractivity contribution is -0.131. The number of amides is 2. The monoisotopic (exact) mass is 547 g/mol. The van der Waals surface area contributed by atoms with Crippen LogP contribution >= 0.6 is 39.1 Å². The Balaban J connectivity index is 1.61. The fourth-order valence-electron chi connectivity index (χ4n) is 2.72. The van der Waals surface area contributed by atoms with Crippen LogP contribution < -0.4 is 15.5 Å². The van der Waals surface area contributed by atoms with Gasteiger partial charge in [-0.2, -0.15) is 5.10 Å². The van der Waals surface area contributed by atoms with E-state index >= 15 is 0 Å². The van der Waals surface area contributed by atoms with Gasteiger partial charge in [0.1, 0.15) is 18.3 Å². The van der Waals surface area contributed by atoms with Gasteiger partial charge in [-0.3, -0.25) is 9.59 Å². The van der Waals surface area contributed by atoms with Crippen molar-refractivity contribution in [3.63, 3.8) is 0 Å². The predicted molar refractivity (Wildman–Crippen MR) is 135 cm³/mol. The standard InChI is InChI=1S/C24H20BrCl2N3O3/c1-15(23(31)29-21-8-3-2-7-20(21)25)24(32)30-28-13-17-12-19(27)9-10-22(17)33-14-16-5-4-6-18(26)11-16/h2-13,15H,14H2,1H3,(H,29,31)(H,30,32). The number of benzene rings is 3. The van der Waals surface area contributed by atoms with Crippen LogP contribution in [-0.4, -0.2) is 18.0 Å². The molecular formula is C24H20BrCl2N3O3. The fraction of sp³-hybridized carbons (Fsp3) is 0.125. The van der Waals surface area contributed by atoms with Crippen LogP contribution in [0.5, 0.6) is 5.75 Å². The van der Waals surface area contributed by atoms with Crippen LogP contribution in [0.2, 0.25) is 10.0 Å². The number of hydrogen-bond acceptors (Lipinski definition) is 4. The normalized spacial score (nSPS) is 11.8. The summed E-state index contributed by atoms with van der Waals surface area (Å²) in [6.07, 6.45) is 1.41. The number of halogens is 3. The molecule has 0 aliphatic rings. The molecule has 3 aromatic carbocycles. The number of para-hydroxylation sites is 1. The molecule has 1 atom stereocenters. The minimum absolute atomic E-state index is 0.293. The van der Waals surface area contributed by atoms with E-state index in [1.807, 2.05) is 24.3 Å². The highest BCUT2D eigenvalue weighted by Gasteiger charge is 2.21. The molecule has 0 aliphatic heterocycles. The molecule has 0 fully saturated rings. The van der Waals surface area contributed by atoms with Crippen molar-refractivity contribution >= 4 is 62.8 Å². The van der Waals surface area contributed by atoms with E-state index in [4.69, 9.17) is 27.9 Å². The van der Waals surface area contributed by atoms with E-state index in [9.17, 15) is 9.59 Å². The van der Waals surface area contributed by atoms with Gasteiger partial charge in [0.15, 0.2) is 0 Å². The van der Waals surface area contributed by atoms with Gasteiger partial charge in [0.05, 0.1) is 11.9 Å². The van der Waals surface area contributed by atoms with Crippen molar-refractivity contribution < 1.29 is 14.3 Å². The summed E-state index contributed by atoms with van der Waals surface area (Å²) in [5.41, 5.74) is 4.42. The maximum absolute atomic E-state index is 12.4. The summed E-state index contributed by atoms with van der Waals surface area (Å²) in [4.78, 5) is 24.8. The van der Waals surface area contributed by atoms with Crippen molar-refractivity contribution in [2.24, 2.45) is 11.0 Å². The molecule has 0 aliphatic carbocycles. The SMILES string of the molecule is CC(C(=O)NN=Cc1cc(Cl)ccc1OCc1cccc(Cl)c1)C(=O)Nc1ccccc1Br. The second kappa shape index (κ2) is 11.8. The van der Waals surface area contributed by atoms with Gasteiger partial charge in [0, 0.05) is 20.1 Å². The number of hydrogen-bond donors (Lipinski definition) is 2. The lowest BCUT2D eigenvalue weighted by Gasteiger charge is -2.12. The Hall–Kier alpha value is -2.87. The zero-order chi connectivity index (χ0) is 23.8. The molecular weight excluding hydrogens is 529 g/mol. The van der Waals surface area contributed by atoms with Crippen molar-refractivity contribution in [3.8, 4) is 5.75 Å². The largest absolute Gasteiger partial charge is 0.488 e. The molecule has 1 unspecified atom stereocenters. The first-order chi connectivity index (χ1) is 15.8. The molecule has 170 valence electrons. The zero-order valence-corrected chi connectivity index (χ0v) is 20.6. The van der Waals surface area contributed by atoms with Gasteiger partial charge >= 0.3 is 0 Å².